The SMILES string of the molecule is CC1(c2cccc(NC(=O)c3cc(F)ccc3Br)c2)NC(=O)NC1=O. The monoisotopic (exact) mass is 405 g/mol. The van der Waals surface area contributed by atoms with Crippen LogP contribution in [-0.4, -0.2) is 17.8 Å². The van der Waals surface area contributed by atoms with Gasteiger partial charge in [0.25, 0.3) is 11.8 Å². The normalized spacial score (nSPS) is 19.3. The van der Waals surface area contributed by atoms with Crippen LogP contribution < -0.4 is 16.0 Å². The largest absolute Gasteiger partial charge is 0.322 e. The lowest BCUT2D eigenvalue weighted by Crippen LogP contribution is -2.40. The van der Waals surface area contributed by atoms with E-state index in [0.717, 1.165) is 6.07 Å². The van der Waals surface area contributed by atoms with Crippen LogP contribution in [0.5, 0.6) is 0 Å². The van der Waals surface area contributed by atoms with Gasteiger partial charge in [-0.05, 0) is 58.7 Å². The number of amides is 4. The molecule has 0 bridgehead atoms. The van der Waals surface area contributed by atoms with E-state index in [4.69, 9.17) is 0 Å². The molecule has 0 aromatic heterocycles. The summed E-state index contributed by atoms with van der Waals surface area (Å²) in [6.07, 6.45) is 0. The van der Waals surface area contributed by atoms with Crippen molar-refractivity contribution in [3.63, 3.8) is 0 Å². The molecule has 0 aliphatic carbocycles. The third-order valence-corrected chi connectivity index (χ3v) is 4.61. The molecule has 4 amide bonds. The Morgan fingerprint density at radius 3 is 2.64 bits per heavy atom. The first-order valence-electron chi connectivity index (χ1n) is 7.30. The number of rotatable bonds is 3. The lowest BCUT2D eigenvalue weighted by Gasteiger charge is -2.21. The van der Waals surface area contributed by atoms with Crippen molar-refractivity contribution in [1.82, 2.24) is 10.6 Å². The third kappa shape index (κ3) is 3.25. The Labute approximate surface area is 150 Å². The van der Waals surface area contributed by atoms with Crippen LogP contribution in [-0.2, 0) is 10.3 Å². The quantitative estimate of drug-likeness (QED) is 0.686. The second-order valence-corrected chi connectivity index (χ2v) is 6.55. The average Bonchev–Trinajstić information content (AvgIpc) is 2.83. The van der Waals surface area contributed by atoms with Crippen molar-refractivity contribution in [3.05, 3.63) is 63.9 Å². The van der Waals surface area contributed by atoms with Gasteiger partial charge in [0.2, 0.25) is 0 Å². The highest BCUT2D eigenvalue weighted by molar-refractivity contribution is 9.10. The highest BCUT2D eigenvalue weighted by Gasteiger charge is 2.43. The van der Waals surface area contributed by atoms with E-state index in [9.17, 15) is 18.8 Å². The average molecular weight is 406 g/mol. The number of hydrogen-bond donors (Lipinski definition) is 3. The number of carbonyl (C=O) groups excluding carboxylic acids is 3. The van der Waals surface area contributed by atoms with Crippen LogP contribution >= 0.6 is 15.9 Å². The van der Waals surface area contributed by atoms with Crippen LogP contribution in [0.1, 0.15) is 22.8 Å². The van der Waals surface area contributed by atoms with Crippen LogP contribution in [0.3, 0.4) is 0 Å². The number of carbonyl (C=O) groups is 3. The Balaban J connectivity index is 1.87. The molecule has 0 radical (unpaired) electrons. The van der Waals surface area contributed by atoms with E-state index < -0.39 is 29.2 Å². The van der Waals surface area contributed by atoms with Gasteiger partial charge in [-0.2, -0.15) is 0 Å². The second kappa shape index (κ2) is 6.29. The Hall–Kier alpha value is -2.74. The summed E-state index contributed by atoms with van der Waals surface area (Å²) in [5.41, 5.74) is -0.165. The third-order valence-electron chi connectivity index (χ3n) is 3.92. The van der Waals surface area contributed by atoms with Gasteiger partial charge in [-0.25, -0.2) is 9.18 Å². The zero-order valence-corrected chi connectivity index (χ0v) is 14.6. The zero-order valence-electron chi connectivity index (χ0n) is 13.0. The summed E-state index contributed by atoms with van der Waals surface area (Å²) in [5.74, 6) is -1.51. The molecule has 2 aromatic rings. The number of imide groups is 1. The van der Waals surface area contributed by atoms with Crippen LogP contribution in [0.15, 0.2) is 46.9 Å². The van der Waals surface area contributed by atoms with E-state index in [-0.39, 0.29) is 5.56 Å². The molecule has 1 unspecified atom stereocenters. The molecule has 2 aromatic carbocycles. The second-order valence-electron chi connectivity index (χ2n) is 5.69. The predicted molar refractivity (Wildman–Crippen MR) is 92.5 cm³/mol. The van der Waals surface area contributed by atoms with E-state index >= 15 is 0 Å². The molecule has 1 aliphatic rings. The van der Waals surface area contributed by atoms with Crippen LogP contribution in [0, 0.1) is 5.82 Å². The number of benzene rings is 2. The summed E-state index contributed by atoms with van der Waals surface area (Å²) in [4.78, 5) is 35.8. The summed E-state index contributed by atoms with van der Waals surface area (Å²) in [5, 5.41) is 7.39. The summed E-state index contributed by atoms with van der Waals surface area (Å²) >= 11 is 3.21. The van der Waals surface area contributed by atoms with Gasteiger partial charge in [0.15, 0.2) is 0 Å². The van der Waals surface area contributed by atoms with E-state index in [1.165, 1.54) is 12.1 Å². The molecule has 3 rings (SSSR count). The molecule has 0 spiro atoms. The Bertz CT molecular complexity index is 902. The first-order valence-corrected chi connectivity index (χ1v) is 8.09. The van der Waals surface area contributed by atoms with Crippen molar-refractivity contribution in [3.8, 4) is 0 Å². The van der Waals surface area contributed by atoms with Gasteiger partial charge in [-0.1, -0.05) is 12.1 Å². The van der Waals surface area contributed by atoms with Gasteiger partial charge in [0, 0.05) is 10.2 Å². The molecule has 1 heterocycles. The number of urea groups is 1. The maximum atomic E-state index is 13.4. The number of halogens is 2. The van der Waals surface area contributed by atoms with Gasteiger partial charge < -0.3 is 10.6 Å². The van der Waals surface area contributed by atoms with Crippen LogP contribution in [0.4, 0.5) is 14.9 Å². The summed E-state index contributed by atoms with van der Waals surface area (Å²) in [6, 6.07) is 9.75. The molecule has 6 nitrogen and oxygen atoms in total. The molecular weight excluding hydrogens is 393 g/mol. The van der Waals surface area contributed by atoms with Crippen molar-refractivity contribution in [2.24, 2.45) is 0 Å². The Kier molecular flexibility index (Phi) is 4.30. The molecule has 1 fully saturated rings. The summed E-state index contributed by atoms with van der Waals surface area (Å²) in [7, 11) is 0. The van der Waals surface area contributed by atoms with Crippen molar-refractivity contribution in [2.45, 2.75) is 12.5 Å². The molecule has 1 saturated heterocycles. The summed E-state index contributed by atoms with van der Waals surface area (Å²) in [6.45, 7) is 1.57. The number of anilines is 1. The highest BCUT2D eigenvalue weighted by atomic mass is 79.9. The zero-order chi connectivity index (χ0) is 18.2. The minimum Gasteiger partial charge on any atom is -0.322 e. The van der Waals surface area contributed by atoms with Gasteiger partial charge in [-0.15, -0.1) is 0 Å². The van der Waals surface area contributed by atoms with Gasteiger partial charge in [-0.3, -0.25) is 14.9 Å². The van der Waals surface area contributed by atoms with Gasteiger partial charge in [0.1, 0.15) is 11.4 Å². The van der Waals surface area contributed by atoms with E-state index in [1.807, 2.05) is 0 Å². The van der Waals surface area contributed by atoms with Crippen molar-refractivity contribution in [1.29, 1.82) is 0 Å². The maximum absolute atomic E-state index is 13.4. The molecule has 8 heteroatoms. The molecule has 128 valence electrons. The van der Waals surface area contributed by atoms with Crippen molar-refractivity contribution >= 4 is 39.5 Å². The molecule has 1 atom stereocenters. The number of hydrogen-bond acceptors (Lipinski definition) is 3. The molecule has 3 N–H and O–H groups in total. The fraction of sp³-hybridized carbons (Fsp3) is 0.118. The minimum atomic E-state index is -1.22. The van der Waals surface area contributed by atoms with E-state index in [1.54, 1.807) is 31.2 Å². The Morgan fingerprint density at radius 1 is 1.20 bits per heavy atom. The highest BCUT2D eigenvalue weighted by Crippen LogP contribution is 2.27. The topological polar surface area (TPSA) is 87.3 Å². The Morgan fingerprint density at radius 2 is 1.96 bits per heavy atom. The first kappa shape index (κ1) is 17.1. The molecule has 1 aliphatic heterocycles. The van der Waals surface area contributed by atoms with E-state index in [2.05, 4.69) is 31.9 Å². The first-order chi connectivity index (χ1) is 11.8. The van der Waals surface area contributed by atoms with E-state index in [0.29, 0.717) is 15.7 Å². The fourth-order valence-electron chi connectivity index (χ4n) is 2.52. The standard InChI is InChI=1S/C17H13BrFN3O3/c1-17(15(24)21-16(25)22-17)9-3-2-4-11(7-9)20-14(23)12-8-10(19)5-6-13(12)18/h2-8H,1H3,(H,20,23)(H2,21,22,24,25). The van der Waals surface area contributed by atoms with Crippen LogP contribution in [0.25, 0.3) is 0 Å². The van der Waals surface area contributed by atoms with Gasteiger partial charge >= 0.3 is 6.03 Å². The minimum absolute atomic E-state index is 0.142. The number of nitrogens with one attached hydrogen (secondary N) is 3. The lowest BCUT2D eigenvalue weighted by molar-refractivity contribution is -0.123. The predicted octanol–water partition coefficient (Wildman–Crippen LogP) is 2.90. The van der Waals surface area contributed by atoms with Crippen LogP contribution in [0.2, 0.25) is 0 Å². The summed E-state index contributed by atoms with van der Waals surface area (Å²) < 4.78 is 13.8. The van der Waals surface area contributed by atoms with Crippen molar-refractivity contribution in [2.75, 3.05) is 5.32 Å². The fourth-order valence-corrected chi connectivity index (χ4v) is 2.95. The van der Waals surface area contributed by atoms with Gasteiger partial charge in [0.05, 0.1) is 5.56 Å². The molecule has 25 heavy (non-hydrogen) atoms. The molecule has 0 saturated carbocycles. The van der Waals surface area contributed by atoms with Crippen molar-refractivity contribution < 1.29 is 18.8 Å². The smallest absolute Gasteiger partial charge is 0.322 e. The lowest BCUT2D eigenvalue weighted by atomic mass is 9.92. The maximum Gasteiger partial charge on any atom is 0.322 e. The molecular formula is C17H13BrFN3O3.